The van der Waals surface area contributed by atoms with Crippen molar-refractivity contribution in [1.29, 1.82) is 0 Å². The van der Waals surface area contributed by atoms with E-state index < -0.39 is 0 Å². The zero-order valence-electron chi connectivity index (χ0n) is 11.1. The molecule has 0 saturated carbocycles. The minimum Gasteiger partial charge on any atom is -0.288 e. The summed E-state index contributed by atoms with van der Waals surface area (Å²) < 4.78 is 0. The van der Waals surface area contributed by atoms with Crippen LogP contribution >= 0.6 is 11.8 Å². The lowest BCUT2D eigenvalue weighted by atomic mass is 9.95. The van der Waals surface area contributed by atoms with Crippen LogP contribution in [0.25, 0.3) is 0 Å². The largest absolute Gasteiger partial charge is 0.288 e. The third kappa shape index (κ3) is 3.64. The summed E-state index contributed by atoms with van der Waals surface area (Å²) >= 11 is 1.26. The van der Waals surface area contributed by atoms with Crippen molar-refractivity contribution in [2.24, 2.45) is 0 Å². The first kappa shape index (κ1) is 13.9. The number of rotatable bonds is 1. The van der Waals surface area contributed by atoms with Crippen molar-refractivity contribution in [3.8, 4) is 11.8 Å². The highest BCUT2D eigenvalue weighted by Crippen LogP contribution is 2.20. The van der Waals surface area contributed by atoms with Gasteiger partial charge in [-0.05, 0) is 49.9 Å². The van der Waals surface area contributed by atoms with E-state index in [0.29, 0.717) is 5.75 Å². The van der Waals surface area contributed by atoms with Crippen LogP contribution in [0.3, 0.4) is 0 Å². The van der Waals surface area contributed by atoms with E-state index in [2.05, 4.69) is 45.6 Å². The molecular formula is C15H18OS. The summed E-state index contributed by atoms with van der Waals surface area (Å²) in [4.78, 5) is 10.8. The molecule has 0 amide bonds. The van der Waals surface area contributed by atoms with Crippen LogP contribution in [0.2, 0.25) is 0 Å². The first-order valence-electron chi connectivity index (χ1n) is 5.63. The second-order valence-electron chi connectivity index (χ2n) is 4.22. The van der Waals surface area contributed by atoms with Gasteiger partial charge in [-0.1, -0.05) is 29.7 Å². The normalized spacial score (nSPS) is 9.71. The van der Waals surface area contributed by atoms with Gasteiger partial charge >= 0.3 is 0 Å². The molecule has 0 atom stereocenters. The Kier molecular flexibility index (Phi) is 4.84. The van der Waals surface area contributed by atoms with Crippen LogP contribution in [0.1, 0.15) is 34.7 Å². The van der Waals surface area contributed by atoms with Crippen LogP contribution in [-0.4, -0.2) is 10.9 Å². The maximum absolute atomic E-state index is 10.8. The van der Waals surface area contributed by atoms with Gasteiger partial charge in [0.05, 0.1) is 5.75 Å². The summed E-state index contributed by atoms with van der Waals surface area (Å²) in [6, 6.07) is 2.19. The van der Waals surface area contributed by atoms with E-state index >= 15 is 0 Å². The van der Waals surface area contributed by atoms with Crippen LogP contribution < -0.4 is 0 Å². The van der Waals surface area contributed by atoms with Crippen molar-refractivity contribution in [1.82, 2.24) is 0 Å². The molecule has 0 N–H and O–H groups in total. The molecule has 0 aromatic heterocycles. The Morgan fingerprint density at radius 1 is 1.18 bits per heavy atom. The highest BCUT2D eigenvalue weighted by atomic mass is 32.2. The number of aryl methyl sites for hydroxylation is 2. The van der Waals surface area contributed by atoms with Gasteiger partial charge in [-0.3, -0.25) is 4.79 Å². The molecule has 90 valence electrons. The lowest BCUT2D eigenvalue weighted by Gasteiger charge is -2.10. The monoisotopic (exact) mass is 246 g/mol. The highest BCUT2D eigenvalue weighted by molar-refractivity contribution is 8.13. The summed E-state index contributed by atoms with van der Waals surface area (Å²) in [6.45, 7) is 9.99. The van der Waals surface area contributed by atoms with E-state index in [1.807, 2.05) is 0 Å². The van der Waals surface area contributed by atoms with Crippen molar-refractivity contribution in [3.63, 3.8) is 0 Å². The Balaban J connectivity index is 3.01. The van der Waals surface area contributed by atoms with Crippen LogP contribution in [-0.2, 0) is 4.79 Å². The maximum Gasteiger partial charge on any atom is 0.186 e. The molecule has 0 heterocycles. The fourth-order valence-corrected chi connectivity index (χ4v) is 2.01. The fraction of sp³-hybridized carbons (Fsp3) is 0.400. The van der Waals surface area contributed by atoms with Crippen molar-refractivity contribution >= 4 is 16.9 Å². The molecule has 0 fully saturated rings. The zero-order valence-corrected chi connectivity index (χ0v) is 11.9. The Labute approximate surface area is 108 Å². The number of carbonyl (C=O) groups excluding carboxylic acids is 1. The average molecular weight is 246 g/mol. The third-order valence-electron chi connectivity index (χ3n) is 2.93. The summed E-state index contributed by atoms with van der Waals surface area (Å²) in [5, 5.41) is 0.119. The minimum absolute atomic E-state index is 0.119. The molecule has 1 aromatic rings. The van der Waals surface area contributed by atoms with Gasteiger partial charge in [-0.25, -0.2) is 0 Å². The van der Waals surface area contributed by atoms with E-state index in [9.17, 15) is 4.79 Å². The molecule has 0 bridgehead atoms. The Morgan fingerprint density at radius 3 is 2.18 bits per heavy atom. The number of thioether (sulfide) groups is 1. The van der Waals surface area contributed by atoms with Gasteiger partial charge in [0.2, 0.25) is 0 Å². The molecule has 2 heteroatoms. The summed E-state index contributed by atoms with van der Waals surface area (Å²) in [5.74, 6) is 6.83. The molecule has 0 radical (unpaired) electrons. The molecule has 17 heavy (non-hydrogen) atoms. The van der Waals surface area contributed by atoms with Gasteiger partial charge < -0.3 is 0 Å². The second-order valence-corrected chi connectivity index (χ2v) is 5.37. The first-order chi connectivity index (χ1) is 7.93. The highest BCUT2D eigenvalue weighted by Gasteiger charge is 2.05. The SMILES string of the molecule is CC(=O)SCC#Cc1c(C)c(C)cc(C)c1C. The predicted octanol–water partition coefficient (Wildman–Crippen LogP) is 3.55. The molecule has 0 aliphatic heterocycles. The molecule has 0 spiro atoms. The number of benzene rings is 1. The van der Waals surface area contributed by atoms with E-state index in [1.54, 1.807) is 6.92 Å². The molecular weight excluding hydrogens is 228 g/mol. The van der Waals surface area contributed by atoms with Crippen LogP contribution in [0.4, 0.5) is 0 Å². The molecule has 0 aliphatic rings. The summed E-state index contributed by atoms with van der Waals surface area (Å²) in [5.41, 5.74) is 6.15. The average Bonchev–Trinajstić information content (AvgIpc) is 2.25. The molecule has 1 rings (SSSR count). The van der Waals surface area contributed by atoms with Crippen molar-refractivity contribution < 1.29 is 4.79 Å². The molecule has 0 saturated heterocycles. The number of hydrogen-bond acceptors (Lipinski definition) is 2. The van der Waals surface area contributed by atoms with Gasteiger partial charge in [-0.15, -0.1) is 0 Å². The topological polar surface area (TPSA) is 17.1 Å². The summed E-state index contributed by atoms with van der Waals surface area (Å²) in [7, 11) is 0. The van der Waals surface area contributed by atoms with Crippen LogP contribution in [0.15, 0.2) is 6.07 Å². The molecule has 1 aromatic carbocycles. The lowest BCUT2D eigenvalue weighted by Crippen LogP contribution is -1.95. The van der Waals surface area contributed by atoms with Gasteiger partial charge in [0.15, 0.2) is 5.12 Å². The minimum atomic E-state index is 0.119. The third-order valence-corrected chi connectivity index (χ3v) is 3.62. The van der Waals surface area contributed by atoms with Gasteiger partial charge in [0.25, 0.3) is 0 Å². The maximum atomic E-state index is 10.8. The van der Waals surface area contributed by atoms with Crippen LogP contribution in [0.5, 0.6) is 0 Å². The predicted molar refractivity (Wildman–Crippen MR) is 75.4 cm³/mol. The van der Waals surface area contributed by atoms with Crippen molar-refractivity contribution in [2.45, 2.75) is 34.6 Å². The fourth-order valence-electron chi connectivity index (χ4n) is 1.67. The van der Waals surface area contributed by atoms with E-state index in [4.69, 9.17) is 0 Å². The van der Waals surface area contributed by atoms with E-state index in [0.717, 1.165) is 5.56 Å². The molecule has 1 nitrogen and oxygen atoms in total. The second kappa shape index (κ2) is 5.93. The van der Waals surface area contributed by atoms with Crippen molar-refractivity contribution in [3.05, 3.63) is 33.9 Å². The number of carbonyl (C=O) groups is 1. The Hall–Kier alpha value is -1.20. The summed E-state index contributed by atoms with van der Waals surface area (Å²) in [6.07, 6.45) is 0. The number of hydrogen-bond donors (Lipinski definition) is 0. The molecule has 0 unspecified atom stereocenters. The van der Waals surface area contributed by atoms with E-state index in [1.165, 1.54) is 34.0 Å². The Morgan fingerprint density at radius 2 is 1.71 bits per heavy atom. The lowest BCUT2D eigenvalue weighted by molar-refractivity contribution is -0.109. The van der Waals surface area contributed by atoms with Crippen LogP contribution in [0, 0.1) is 39.5 Å². The molecule has 0 aliphatic carbocycles. The van der Waals surface area contributed by atoms with Gasteiger partial charge in [-0.2, -0.15) is 0 Å². The Bertz CT molecular complexity index is 478. The smallest absolute Gasteiger partial charge is 0.186 e. The zero-order chi connectivity index (χ0) is 13.0. The van der Waals surface area contributed by atoms with Crippen molar-refractivity contribution in [2.75, 3.05) is 5.75 Å². The van der Waals surface area contributed by atoms with Gasteiger partial charge in [0.1, 0.15) is 0 Å². The first-order valence-corrected chi connectivity index (χ1v) is 6.61. The van der Waals surface area contributed by atoms with E-state index in [-0.39, 0.29) is 5.12 Å². The quantitative estimate of drug-likeness (QED) is 0.705. The standard InChI is InChI=1S/C15H18OS/c1-10-9-11(2)13(4)15(12(10)3)7-6-8-17-14(5)16/h9H,8H2,1-5H3. The van der Waals surface area contributed by atoms with Gasteiger partial charge in [0, 0.05) is 12.5 Å².